The predicted molar refractivity (Wildman–Crippen MR) is 103 cm³/mol. The maximum Gasteiger partial charge on any atom is 0.246 e. The first-order valence-electron chi connectivity index (χ1n) is 8.81. The summed E-state index contributed by atoms with van der Waals surface area (Å²) in [6.07, 6.45) is 5.56. The first-order valence-corrected chi connectivity index (χ1v) is 9.62. The first kappa shape index (κ1) is 18.3. The maximum absolute atomic E-state index is 12.4. The Bertz CT molecular complexity index is 780. The van der Waals surface area contributed by atoms with Crippen molar-refractivity contribution in [3.8, 4) is 0 Å². The fourth-order valence-electron chi connectivity index (χ4n) is 2.85. The normalized spacial score (nSPS) is 15.3. The Balaban J connectivity index is 1.48. The van der Waals surface area contributed by atoms with Gasteiger partial charge in [-0.2, -0.15) is 0 Å². The molecule has 0 aliphatic carbocycles. The molecule has 0 bridgehead atoms. The fourth-order valence-corrected chi connectivity index (χ4v) is 3.54. The Labute approximate surface area is 156 Å². The zero-order valence-electron chi connectivity index (χ0n) is 14.7. The molecular weight excluding hydrogens is 348 g/mol. The smallest absolute Gasteiger partial charge is 0.246 e. The van der Waals surface area contributed by atoms with Crippen LogP contribution in [-0.2, 0) is 16.0 Å². The van der Waals surface area contributed by atoms with Crippen LogP contribution in [0.5, 0.6) is 0 Å². The van der Waals surface area contributed by atoms with E-state index in [1.54, 1.807) is 11.0 Å². The van der Waals surface area contributed by atoms with Crippen LogP contribution in [0.3, 0.4) is 0 Å². The SMILES string of the molecule is CCc1nnc(NC(=O)C2CCN(C(=O)C=Cc3ccccc3)CC2)s1. The van der Waals surface area contributed by atoms with Gasteiger partial charge in [0.1, 0.15) is 5.01 Å². The van der Waals surface area contributed by atoms with Gasteiger partial charge in [-0.15, -0.1) is 10.2 Å². The van der Waals surface area contributed by atoms with Crippen molar-refractivity contribution in [3.63, 3.8) is 0 Å². The second kappa shape index (κ2) is 8.71. The summed E-state index contributed by atoms with van der Waals surface area (Å²) in [6, 6.07) is 9.74. The minimum Gasteiger partial charge on any atom is -0.339 e. The van der Waals surface area contributed by atoms with Crippen LogP contribution in [0.2, 0.25) is 0 Å². The molecule has 2 aromatic rings. The van der Waals surface area contributed by atoms with E-state index in [4.69, 9.17) is 0 Å². The van der Waals surface area contributed by atoms with Gasteiger partial charge in [0.15, 0.2) is 0 Å². The fraction of sp³-hybridized carbons (Fsp3) is 0.368. The topological polar surface area (TPSA) is 75.2 Å². The molecule has 136 valence electrons. The highest BCUT2D eigenvalue weighted by molar-refractivity contribution is 7.15. The van der Waals surface area contributed by atoms with Crippen LogP contribution in [-0.4, -0.2) is 40.0 Å². The van der Waals surface area contributed by atoms with E-state index in [0.29, 0.717) is 31.1 Å². The average Bonchev–Trinajstić information content (AvgIpc) is 3.14. The molecule has 1 aromatic carbocycles. The van der Waals surface area contributed by atoms with E-state index in [-0.39, 0.29) is 17.7 Å². The molecule has 1 aromatic heterocycles. The Morgan fingerprint density at radius 2 is 1.96 bits per heavy atom. The van der Waals surface area contributed by atoms with E-state index in [0.717, 1.165) is 17.0 Å². The maximum atomic E-state index is 12.4. The molecule has 0 unspecified atom stereocenters. The highest BCUT2D eigenvalue weighted by atomic mass is 32.1. The number of amides is 2. The number of aromatic nitrogens is 2. The van der Waals surface area contributed by atoms with Crippen LogP contribution in [0, 0.1) is 5.92 Å². The number of carbonyl (C=O) groups is 2. The van der Waals surface area contributed by atoms with Gasteiger partial charge in [-0.1, -0.05) is 48.6 Å². The Kier molecular flexibility index (Phi) is 6.12. The van der Waals surface area contributed by atoms with E-state index in [1.165, 1.54) is 11.3 Å². The third kappa shape index (κ3) is 4.76. The number of nitrogens with zero attached hydrogens (tertiary/aromatic N) is 3. The number of rotatable bonds is 5. The number of likely N-dealkylation sites (tertiary alicyclic amines) is 1. The van der Waals surface area contributed by atoms with Crippen molar-refractivity contribution in [1.29, 1.82) is 0 Å². The average molecular weight is 370 g/mol. The third-order valence-corrected chi connectivity index (χ3v) is 5.38. The van der Waals surface area contributed by atoms with E-state index in [1.807, 2.05) is 43.3 Å². The third-order valence-electron chi connectivity index (χ3n) is 4.39. The van der Waals surface area contributed by atoms with Crippen LogP contribution in [0.15, 0.2) is 36.4 Å². The van der Waals surface area contributed by atoms with Crippen LogP contribution in [0.25, 0.3) is 6.08 Å². The van der Waals surface area contributed by atoms with Gasteiger partial charge in [-0.3, -0.25) is 9.59 Å². The van der Waals surface area contributed by atoms with Gasteiger partial charge >= 0.3 is 0 Å². The molecule has 0 radical (unpaired) electrons. The van der Waals surface area contributed by atoms with Crippen molar-refractivity contribution in [3.05, 3.63) is 47.0 Å². The van der Waals surface area contributed by atoms with Crippen molar-refractivity contribution in [2.75, 3.05) is 18.4 Å². The van der Waals surface area contributed by atoms with Gasteiger partial charge in [-0.05, 0) is 30.9 Å². The highest BCUT2D eigenvalue weighted by Gasteiger charge is 2.27. The number of aryl methyl sites for hydroxylation is 1. The highest BCUT2D eigenvalue weighted by Crippen LogP contribution is 2.21. The van der Waals surface area contributed by atoms with Crippen LogP contribution in [0.4, 0.5) is 5.13 Å². The molecule has 3 rings (SSSR count). The predicted octanol–water partition coefficient (Wildman–Crippen LogP) is 2.99. The van der Waals surface area contributed by atoms with Crippen molar-refractivity contribution < 1.29 is 9.59 Å². The number of hydrogen-bond acceptors (Lipinski definition) is 5. The molecule has 0 spiro atoms. The summed E-state index contributed by atoms with van der Waals surface area (Å²) in [4.78, 5) is 26.5. The quantitative estimate of drug-likeness (QED) is 0.821. The summed E-state index contributed by atoms with van der Waals surface area (Å²) in [5.74, 6) is -0.133. The first-order chi connectivity index (χ1) is 12.7. The lowest BCUT2D eigenvalue weighted by molar-refractivity contribution is -0.130. The molecule has 1 aliphatic rings. The molecule has 1 aliphatic heterocycles. The zero-order chi connectivity index (χ0) is 18.4. The lowest BCUT2D eigenvalue weighted by atomic mass is 9.96. The summed E-state index contributed by atoms with van der Waals surface area (Å²) in [7, 11) is 0. The molecule has 26 heavy (non-hydrogen) atoms. The Hall–Kier alpha value is -2.54. The number of benzene rings is 1. The molecule has 2 amide bonds. The molecule has 0 saturated carbocycles. The van der Waals surface area contributed by atoms with Crippen LogP contribution >= 0.6 is 11.3 Å². The number of nitrogens with one attached hydrogen (secondary N) is 1. The van der Waals surface area contributed by atoms with Crippen molar-refractivity contribution in [1.82, 2.24) is 15.1 Å². The van der Waals surface area contributed by atoms with Crippen LogP contribution < -0.4 is 5.32 Å². The van der Waals surface area contributed by atoms with Gasteiger partial charge < -0.3 is 10.2 Å². The molecule has 1 saturated heterocycles. The summed E-state index contributed by atoms with van der Waals surface area (Å²) in [6.45, 7) is 3.18. The number of carbonyl (C=O) groups excluding carboxylic acids is 2. The molecular formula is C19H22N4O2S. The molecule has 0 atom stereocenters. The largest absolute Gasteiger partial charge is 0.339 e. The van der Waals surface area contributed by atoms with Gasteiger partial charge in [0.25, 0.3) is 0 Å². The summed E-state index contributed by atoms with van der Waals surface area (Å²) in [5.41, 5.74) is 0.999. The number of piperidine rings is 1. The molecule has 2 heterocycles. The Morgan fingerprint density at radius 3 is 2.62 bits per heavy atom. The summed E-state index contributed by atoms with van der Waals surface area (Å²) < 4.78 is 0. The second-order valence-electron chi connectivity index (χ2n) is 6.19. The summed E-state index contributed by atoms with van der Waals surface area (Å²) in [5, 5.41) is 12.3. The lowest BCUT2D eigenvalue weighted by Gasteiger charge is -2.30. The van der Waals surface area contributed by atoms with Gasteiger partial charge in [0.05, 0.1) is 0 Å². The second-order valence-corrected chi connectivity index (χ2v) is 7.25. The minimum atomic E-state index is -0.0915. The molecule has 7 heteroatoms. The molecule has 1 N–H and O–H groups in total. The standard InChI is InChI=1S/C19H22N4O2S/c1-2-16-21-22-19(26-16)20-18(25)15-10-12-23(13-11-15)17(24)9-8-14-6-4-3-5-7-14/h3-9,15H,2,10-13H2,1H3,(H,20,22,25). The van der Waals surface area contributed by atoms with Crippen molar-refractivity contribution >= 4 is 34.4 Å². The van der Waals surface area contributed by atoms with Crippen LogP contribution in [0.1, 0.15) is 30.3 Å². The minimum absolute atomic E-state index is 0.00979. The van der Waals surface area contributed by atoms with Gasteiger partial charge in [-0.25, -0.2) is 0 Å². The van der Waals surface area contributed by atoms with E-state index in [2.05, 4.69) is 15.5 Å². The monoisotopic (exact) mass is 370 g/mol. The van der Waals surface area contributed by atoms with E-state index in [9.17, 15) is 9.59 Å². The summed E-state index contributed by atoms with van der Waals surface area (Å²) >= 11 is 1.41. The molecule has 1 fully saturated rings. The molecule has 6 nitrogen and oxygen atoms in total. The number of anilines is 1. The van der Waals surface area contributed by atoms with E-state index < -0.39 is 0 Å². The van der Waals surface area contributed by atoms with Crippen molar-refractivity contribution in [2.45, 2.75) is 26.2 Å². The van der Waals surface area contributed by atoms with E-state index >= 15 is 0 Å². The van der Waals surface area contributed by atoms with Gasteiger partial charge in [0, 0.05) is 25.1 Å². The number of hydrogen-bond donors (Lipinski definition) is 1. The van der Waals surface area contributed by atoms with Gasteiger partial charge in [0.2, 0.25) is 16.9 Å². The van der Waals surface area contributed by atoms with Crippen molar-refractivity contribution in [2.24, 2.45) is 5.92 Å². The zero-order valence-corrected chi connectivity index (χ0v) is 15.5. The Morgan fingerprint density at radius 1 is 1.23 bits per heavy atom. The lowest BCUT2D eigenvalue weighted by Crippen LogP contribution is -2.40.